The predicted octanol–water partition coefficient (Wildman–Crippen LogP) is -3.81. The van der Waals surface area contributed by atoms with Crippen LogP contribution in [0.3, 0.4) is 0 Å². The third kappa shape index (κ3) is 2080. The van der Waals surface area contributed by atoms with E-state index >= 15 is 0 Å². The summed E-state index contributed by atoms with van der Waals surface area (Å²) in [4.78, 5) is 0. The maximum absolute atomic E-state index is 8.52. The molecule has 8 heavy (non-hydrogen) atoms. The van der Waals surface area contributed by atoms with Crippen LogP contribution < -0.4 is 0 Å². The fourth-order valence-corrected chi connectivity index (χ4v) is 0. The molecule has 0 rings (SSSR count). The summed E-state index contributed by atoms with van der Waals surface area (Å²) >= 11 is 0. The first kappa shape index (κ1) is 25.1. The first-order valence-corrected chi connectivity index (χ1v) is 2.00. The smallest absolute Gasteiger partial charge is 0.0311 e. The Kier molecular flexibility index (Phi) is 21.2. The Hall–Kier alpha value is -0.250. The summed E-state index contributed by atoms with van der Waals surface area (Å²) < 4.78 is 34.1. The summed E-state index contributed by atoms with van der Waals surface area (Å²) in [6.45, 7) is 0. The van der Waals surface area contributed by atoms with Crippen LogP contribution in [0.25, 0.3) is 0 Å². The first-order chi connectivity index (χ1) is 2.00. The van der Waals surface area contributed by atoms with Crippen molar-refractivity contribution >= 4 is 10.4 Å². The lowest BCUT2D eigenvalue weighted by Crippen LogP contribution is -1.91. The lowest BCUT2D eigenvalue weighted by Gasteiger charge is -2.06. The Morgan fingerprint density at radius 1 is 0.875 bits per heavy atom. The second-order valence-corrected chi connectivity index (χ2v) is 1.22. The quantitative estimate of drug-likeness (QED) is 0.254. The predicted molar refractivity (Wildman–Crippen MR) is 21.3 cm³/mol. The molecular formula is H6O7S-2. The second-order valence-electron chi connectivity index (χ2n) is 0.408. The molecule has 0 saturated heterocycles. The van der Waals surface area contributed by atoms with E-state index in [1.807, 2.05) is 0 Å². The van der Waals surface area contributed by atoms with E-state index in [1.165, 1.54) is 0 Å². The second kappa shape index (κ2) is 6.75. The molecule has 0 aromatic heterocycles. The van der Waals surface area contributed by atoms with Crippen LogP contribution in [0.2, 0.25) is 0 Å². The van der Waals surface area contributed by atoms with Gasteiger partial charge in [0.25, 0.3) is 0 Å². The third-order valence-electron chi connectivity index (χ3n) is 0. The van der Waals surface area contributed by atoms with E-state index in [-0.39, 0.29) is 16.4 Å². The van der Waals surface area contributed by atoms with Crippen LogP contribution in [0.5, 0.6) is 0 Å². The van der Waals surface area contributed by atoms with E-state index < -0.39 is 10.4 Å². The summed E-state index contributed by atoms with van der Waals surface area (Å²) in [6.07, 6.45) is 0. The summed E-state index contributed by atoms with van der Waals surface area (Å²) in [5.74, 6) is 0. The molecule has 0 heterocycles. The molecule has 56 valence electrons. The zero-order valence-corrected chi connectivity index (χ0v) is 4.36. The zero-order chi connectivity index (χ0) is 4.50. The van der Waals surface area contributed by atoms with Gasteiger partial charge >= 0.3 is 0 Å². The minimum Gasteiger partial charge on any atom is -0.759 e. The van der Waals surface area contributed by atoms with Crippen LogP contribution in [-0.2, 0) is 10.4 Å². The van der Waals surface area contributed by atoms with Gasteiger partial charge in [-0.2, -0.15) is 0 Å². The van der Waals surface area contributed by atoms with Crippen LogP contribution in [0.15, 0.2) is 0 Å². The van der Waals surface area contributed by atoms with E-state index in [0.717, 1.165) is 0 Å². The molecule has 0 unspecified atom stereocenters. The van der Waals surface area contributed by atoms with Gasteiger partial charge < -0.3 is 25.5 Å². The summed E-state index contributed by atoms with van der Waals surface area (Å²) in [5, 5.41) is 0. The molecule has 0 spiro atoms. The lowest BCUT2D eigenvalue weighted by atomic mass is 15.8. The van der Waals surface area contributed by atoms with Crippen LogP contribution in [0, 0.1) is 0 Å². The van der Waals surface area contributed by atoms with Crippen LogP contribution in [0.1, 0.15) is 0 Å². The standard InChI is InChI=1S/H2O4S.3H2O/c1-5(2,3)4;;;/h(H2,1,2,3,4);3*1H2/p-2. The van der Waals surface area contributed by atoms with Gasteiger partial charge in [0.15, 0.2) is 0 Å². The van der Waals surface area contributed by atoms with Crippen LogP contribution >= 0.6 is 0 Å². The topological polar surface area (TPSA) is 175 Å². The fourth-order valence-electron chi connectivity index (χ4n) is 0. The van der Waals surface area contributed by atoms with Gasteiger partial charge in [0, 0.05) is 10.4 Å². The Morgan fingerprint density at radius 2 is 0.875 bits per heavy atom. The molecule has 8 heteroatoms. The van der Waals surface area contributed by atoms with Crippen molar-refractivity contribution in [2.45, 2.75) is 0 Å². The highest BCUT2D eigenvalue weighted by Crippen LogP contribution is 1.57. The van der Waals surface area contributed by atoms with Gasteiger partial charge in [-0.15, -0.1) is 0 Å². The van der Waals surface area contributed by atoms with Crippen molar-refractivity contribution in [2.24, 2.45) is 0 Å². The molecule has 0 saturated carbocycles. The molecule has 0 fully saturated rings. The molecule has 7 nitrogen and oxygen atoms in total. The van der Waals surface area contributed by atoms with E-state index in [0.29, 0.717) is 0 Å². The molecule has 6 N–H and O–H groups in total. The maximum Gasteiger partial charge on any atom is 0.0311 e. The third-order valence-corrected chi connectivity index (χ3v) is 0. The van der Waals surface area contributed by atoms with E-state index in [9.17, 15) is 0 Å². The molecule has 0 radical (unpaired) electrons. The fraction of sp³-hybridized carbons (Fsp3) is 0. The first-order valence-electron chi connectivity index (χ1n) is 0.667. The van der Waals surface area contributed by atoms with Gasteiger partial charge in [0.05, 0.1) is 0 Å². The molecule has 0 aliphatic heterocycles. The Bertz CT molecular complexity index is 87.6. The highest BCUT2D eigenvalue weighted by molar-refractivity contribution is 7.79. The van der Waals surface area contributed by atoms with Crippen molar-refractivity contribution in [2.75, 3.05) is 0 Å². The van der Waals surface area contributed by atoms with E-state index in [1.54, 1.807) is 0 Å². The summed E-state index contributed by atoms with van der Waals surface area (Å²) in [5.41, 5.74) is 0. The van der Waals surface area contributed by atoms with Crippen molar-refractivity contribution in [3.63, 3.8) is 0 Å². The largest absolute Gasteiger partial charge is 0.759 e. The molecule has 0 atom stereocenters. The van der Waals surface area contributed by atoms with Crippen molar-refractivity contribution in [1.29, 1.82) is 0 Å². The van der Waals surface area contributed by atoms with Gasteiger partial charge in [-0.05, 0) is 0 Å². The van der Waals surface area contributed by atoms with Crippen molar-refractivity contribution in [3.05, 3.63) is 0 Å². The van der Waals surface area contributed by atoms with Crippen molar-refractivity contribution in [3.8, 4) is 0 Å². The van der Waals surface area contributed by atoms with Gasteiger partial charge in [0.1, 0.15) is 0 Å². The van der Waals surface area contributed by atoms with Gasteiger partial charge in [0.2, 0.25) is 0 Å². The molecule has 0 amide bonds. The minimum absolute atomic E-state index is 0. The van der Waals surface area contributed by atoms with Gasteiger partial charge in [-0.1, -0.05) is 0 Å². The summed E-state index contributed by atoms with van der Waals surface area (Å²) in [6, 6.07) is 0. The molecule has 0 bridgehead atoms. The molecule has 0 aliphatic rings. The Morgan fingerprint density at radius 3 is 0.875 bits per heavy atom. The Labute approximate surface area is 45.4 Å². The van der Waals surface area contributed by atoms with Crippen LogP contribution in [0.4, 0.5) is 0 Å². The SMILES string of the molecule is O.O.O.O=S(=O)([O-])[O-]. The Balaban J connectivity index is -0.0000000267. The normalized spacial score (nSPS) is 7.25. The molecule has 0 aliphatic carbocycles. The highest BCUT2D eigenvalue weighted by atomic mass is 32.3. The van der Waals surface area contributed by atoms with Gasteiger partial charge in [-0.3, -0.25) is 8.42 Å². The van der Waals surface area contributed by atoms with Crippen molar-refractivity contribution in [1.82, 2.24) is 0 Å². The number of rotatable bonds is 0. The number of hydrogen-bond acceptors (Lipinski definition) is 4. The molecule has 0 aromatic carbocycles. The van der Waals surface area contributed by atoms with Crippen molar-refractivity contribution < 1.29 is 34.0 Å². The maximum atomic E-state index is 8.52. The zero-order valence-electron chi connectivity index (χ0n) is 3.54. The molecular weight excluding hydrogens is 144 g/mol. The molecule has 0 aromatic rings. The number of hydrogen-bond donors (Lipinski definition) is 0. The summed E-state index contributed by atoms with van der Waals surface area (Å²) in [7, 11) is -5.17. The monoisotopic (exact) mass is 150 g/mol. The van der Waals surface area contributed by atoms with Gasteiger partial charge in [-0.25, -0.2) is 0 Å². The van der Waals surface area contributed by atoms with E-state index in [2.05, 4.69) is 0 Å². The van der Waals surface area contributed by atoms with Crippen LogP contribution in [-0.4, -0.2) is 34.0 Å². The average Bonchev–Trinajstić information content (AvgIpc) is 0.722. The highest BCUT2D eigenvalue weighted by Gasteiger charge is 1.49. The lowest BCUT2D eigenvalue weighted by molar-refractivity contribution is 0.352. The average molecular weight is 150 g/mol. The minimum atomic E-state index is -5.17. The van der Waals surface area contributed by atoms with E-state index in [4.69, 9.17) is 17.5 Å².